The molecule has 2 heterocycles. The first-order valence-corrected chi connectivity index (χ1v) is 6.72. The number of imidazole rings is 1. The Bertz CT molecular complexity index is 716. The molecule has 0 unspecified atom stereocenters. The third kappa shape index (κ3) is 1.93. The van der Waals surface area contributed by atoms with Gasteiger partial charge < -0.3 is 4.40 Å². The van der Waals surface area contributed by atoms with Crippen LogP contribution in [0.5, 0.6) is 0 Å². The van der Waals surface area contributed by atoms with Gasteiger partial charge in [-0.3, -0.25) is 0 Å². The lowest BCUT2D eigenvalue weighted by Gasteiger charge is -2.00. The molecular formula is C14H10BrClN2. The van der Waals surface area contributed by atoms with Crippen LogP contribution >= 0.6 is 27.5 Å². The molecule has 0 N–H and O–H groups in total. The number of hydrogen-bond acceptors (Lipinski definition) is 1. The summed E-state index contributed by atoms with van der Waals surface area (Å²) in [6, 6.07) is 11.9. The van der Waals surface area contributed by atoms with E-state index in [1.807, 2.05) is 41.8 Å². The van der Waals surface area contributed by atoms with Crippen molar-refractivity contribution in [2.75, 3.05) is 0 Å². The molecule has 0 saturated carbocycles. The molecule has 4 heteroatoms. The summed E-state index contributed by atoms with van der Waals surface area (Å²) in [4.78, 5) is 4.64. The van der Waals surface area contributed by atoms with Crippen molar-refractivity contribution < 1.29 is 0 Å². The van der Waals surface area contributed by atoms with Crippen LogP contribution in [0, 0.1) is 6.92 Å². The lowest BCUT2D eigenvalue weighted by molar-refractivity contribution is 1.11. The quantitative estimate of drug-likeness (QED) is 0.633. The molecule has 0 aliphatic carbocycles. The molecule has 1 aromatic carbocycles. The van der Waals surface area contributed by atoms with Gasteiger partial charge in [0.25, 0.3) is 0 Å². The van der Waals surface area contributed by atoms with E-state index in [2.05, 4.69) is 33.0 Å². The Kier molecular flexibility index (Phi) is 2.88. The third-order valence-electron chi connectivity index (χ3n) is 2.94. The monoisotopic (exact) mass is 320 g/mol. The van der Waals surface area contributed by atoms with Crippen LogP contribution in [0.15, 0.2) is 47.1 Å². The number of aromatic nitrogens is 2. The van der Waals surface area contributed by atoms with Crippen molar-refractivity contribution in [2.45, 2.75) is 6.92 Å². The smallest absolute Gasteiger partial charge is 0.137 e. The van der Waals surface area contributed by atoms with Crippen LogP contribution < -0.4 is 0 Å². The van der Waals surface area contributed by atoms with Gasteiger partial charge in [-0.2, -0.15) is 0 Å². The van der Waals surface area contributed by atoms with Crippen LogP contribution in [0.3, 0.4) is 0 Å². The maximum Gasteiger partial charge on any atom is 0.137 e. The lowest BCUT2D eigenvalue weighted by atomic mass is 10.1. The van der Waals surface area contributed by atoms with Crippen molar-refractivity contribution in [3.8, 4) is 11.3 Å². The highest BCUT2D eigenvalue weighted by atomic mass is 79.9. The maximum absolute atomic E-state index is 6.01. The van der Waals surface area contributed by atoms with E-state index in [4.69, 9.17) is 11.6 Å². The Morgan fingerprint density at radius 3 is 2.56 bits per heavy atom. The number of benzene rings is 1. The number of nitrogens with zero attached hydrogens (tertiary/aromatic N) is 2. The fourth-order valence-corrected chi connectivity index (χ4v) is 2.44. The molecule has 0 aliphatic rings. The number of aryl methyl sites for hydroxylation is 1. The minimum absolute atomic E-state index is 0.713. The van der Waals surface area contributed by atoms with Gasteiger partial charge in [0, 0.05) is 21.9 Å². The van der Waals surface area contributed by atoms with E-state index in [1.165, 1.54) is 0 Å². The lowest BCUT2D eigenvalue weighted by Crippen LogP contribution is -1.87. The third-order valence-corrected chi connectivity index (χ3v) is 3.69. The summed E-state index contributed by atoms with van der Waals surface area (Å²) in [6.45, 7) is 2.05. The van der Waals surface area contributed by atoms with E-state index in [0.717, 1.165) is 27.1 Å². The summed E-state index contributed by atoms with van der Waals surface area (Å²) in [7, 11) is 0. The Morgan fingerprint density at radius 2 is 1.83 bits per heavy atom. The molecule has 3 rings (SSSR count). The van der Waals surface area contributed by atoms with Crippen molar-refractivity contribution in [2.24, 2.45) is 0 Å². The molecule has 18 heavy (non-hydrogen) atoms. The van der Waals surface area contributed by atoms with Crippen molar-refractivity contribution in [1.29, 1.82) is 0 Å². The van der Waals surface area contributed by atoms with Crippen LogP contribution in [0.1, 0.15) is 5.69 Å². The normalized spacial score (nSPS) is 11.1. The minimum Gasteiger partial charge on any atom is -0.302 e. The average Bonchev–Trinajstić information content (AvgIpc) is 2.68. The van der Waals surface area contributed by atoms with Gasteiger partial charge in [-0.1, -0.05) is 39.7 Å². The molecule has 3 aromatic rings. The molecule has 2 nitrogen and oxygen atoms in total. The summed E-state index contributed by atoms with van der Waals surface area (Å²) in [5.41, 5.74) is 4.10. The van der Waals surface area contributed by atoms with E-state index in [9.17, 15) is 0 Å². The zero-order valence-corrected chi connectivity index (χ0v) is 12.0. The highest BCUT2D eigenvalue weighted by molar-refractivity contribution is 9.10. The maximum atomic E-state index is 6.01. The number of rotatable bonds is 1. The second-order valence-electron chi connectivity index (χ2n) is 4.13. The topological polar surface area (TPSA) is 17.3 Å². The van der Waals surface area contributed by atoms with Gasteiger partial charge in [-0.05, 0) is 31.2 Å². The van der Waals surface area contributed by atoms with Crippen molar-refractivity contribution in [3.05, 3.63) is 57.8 Å². The van der Waals surface area contributed by atoms with Crippen molar-refractivity contribution in [1.82, 2.24) is 9.38 Å². The predicted octanol–water partition coefficient (Wildman–Crippen LogP) is 4.73. The van der Waals surface area contributed by atoms with E-state index < -0.39 is 0 Å². The molecule has 0 amide bonds. The van der Waals surface area contributed by atoms with E-state index in [1.54, 1.807) is 0 Å². The van der Waals surface area contributed by atoms with Crippen LogP contribution in [0.4, 0.5) is 0 Å². The first-order valence-electron chi connectivity index (χ1n) is 5.55. The Balaban J connectivity index is 2.23. The summed E-state index contributed by atoms with van der Waals surface area (Å²) in [6.07, 6.45) is 1.89. The summed E-state index contributed by atoms with van der Waals surface area (Å²) >= 11 is 9.45. The van der Waals surface area contributed by atoms with Crippen molar-refractivity contribution in [3.63, 3.8) is 0 Å². The first kappa shape index (κ1) is 11.8. The van der Waals surface area contributed by atoms with Gasteiger partial charge >= 0.3 is 0 Å². The molecule has 0 fully saturated rings. The van der Waals surface area contributed by atoms with Crippen LogP contribution in [0.25, 0.3) is 16.9 Å². The van der Waals surface area contributed by atoms with Crippen LogP contribution in [-0.2, 0) is 0 Å². The standard InChI is InChI=1S/C14H10BrClN2/c1-9-14(10-2-4-11(15)5-3-10)17-13-7-6-12(16)8-18(9)13/h2-8H,1H3. The van der Waals surface area contributed by atoms with Gasteiger partial charge in [-0.15, -0.1) is 0 Å². The molecule has 2 aromatic heterocycles. The number of pyridine rings is 1. The van der Waals surface area contributed by atoms with E-state index in [-0.39, 0.29) is 0 Å². The molecule has 0 bridgehead atoms. The molecule has 0 radical (unpaired) electrons. The minimum atomic E-state index is 0.713. The fraction of sp³-hybridized carbons (Fsp3) is 0.0714. The summed E-state index contributed by atoms with van der Waals surface area (Å²) in [5.74, 6) is 0. The molecule has 0 saturated heterocycles. The molecule has 0 atom stereocenters. The largest absolute Gasteiger partial charge is 0.302 e. The fourth-order valence-electron chi connectivity index (χ4n) is 2.02. The van der Waals surface area contributed by atoms with Gasteiger partial charge in [0.15, 0.2) is 0 Å². The Morgan fingerprint density at radius 1 is 1.11 bits per heavy atom. The number of halogens is 2. The highest BCUT2D eigenvalue weighted by Crippen LogP contribution is 2.26. The SMILES string of the molecule is Cc1c(-c2ccc(Br)cc2)nc2ccc(Cl)cn12. The molecule has 0 spiro atoms. The van der Waals surface area contributed by atoms with Gasteiger partial charge in [0.2, 0.25) is 0 Å². The van der Waals surface area contributed by atoms with E-state index >= 15 is 0 Å². The number of hydrogen-bond donors (Lipinski definition) is 0. The Hall–Kier alpha value is -1.32. The summed E-state index contributed by atoms with van der Waals surface area (Å²) in [5, 5.41) is 0.713. The predicted molar refractivity (Wildman–Crippen MR) is 78.1 cm³/mol. The zero-order chi connectivity index (χ0) is 12.7. The van der Waals surface area contributed by atoms with E-state index in [0.29, 0.717) is 5.02 Å². The zero-order valence-electron chi connectivity index (χ0n) is 9.69. The van der Waals surface area contributed by atoms with Gasteiger partial charge in [0.1, 0.15) is 5.65 Å². The molecule has 0 aliphatic heterocycles. The first-order chi connectivity index (χ1) is 8.65. The second-order valence-corrected chi connectivity index (χ2v) is 5.48. The molecule has 90 valence electrons. The molecular weight excluding hydrogens is 312 g/mol. The van der Waals surface area contributed by atoms with Crippen LogP contribution in [-0.4, -0.2) is 9.38 Å². The van der Waals surface area contributed by atoms with Crippen molar-refractivity contribution >= 4 is 33.2 Å². The van der Waals surface area contributed by atoms with Gasteiger partial charge in [-0.25, -0.2) is 4.98 Å². The summed E-state index contributed by atoms with van der Waals surface area (Å²) < 4.78 is 3.08. The Labute approximate surface area is 118 Å². The second kappa shape index (κ2) is 4.41. The van der Waals surface area contributed by atoms with Crippen LogP contribution in [0.2, 0.25) is 5.02 Å². The highest BCUT2D eigenvalue weighted by Gasteiger charge is 2.10. The average molecular weight is 322 g/mol. The van der Waals surface area contributed by atoms with Gasteiger partial charge in [0.05, 0.1) is 10.7 Å². The number of fused-ring (bicyclic) bond motifs is 1.